The van der Waals surface area contributed by atoms with Gasteiger partial charge in [0.05, 0.1) is 6.54 Å². The first-order chi connectivity index (χ1) is 4.93. The van der Waals surface area contributed by atoms with Crippen LogP contribution in [0, 0.1) is 0 Å². The highest BCUT2D eigenvalue weighted by Gasteiger charge is 2.02. The molecule has 0 unspecified atom stereocenters. The fourth-order valence-corrected chi connectivity index (χ4v) is 0.668. The van der Waals surface area contributed by atoms with Crippen LogP contribution >= 0.6 is 0 Å². The highest BCUT2D eigenvalue weighted by atomic mass is 16.5. The highest BCUT2D eigenvalue weighted by molar-refractivity contribution is 5.36. The minimum atomic E-state index is 0.414. The van der Waals surface area contributed by atoms with Crippen molar-refractivity contribution in [1.29, 1.82) is 0 Å². The van der Waals surface area contributed by atoms with E-state index in [-0.39, 0.29) is 0 Å². The van der Waals surface area contributed by atoms with Crippen molar-refractivity contribution in [2.75, 3.05) is 19.9 Å². The van der Waals surface area contributed by atoms with Gasteiger partial charge in [-0.25, -0.2) is 0 Å². The van der Waals surface area contributed by atoms with Crippen LogP contribution in [0.4, 0.5) is 0 Å². The molecule has 1 heterocycles. The zero-order valence-corrected chi connectivity index (χ0v) is 5.53. The van der Waals surface area contributed by atoms with Gasteiger partial charge in [-0.2, -0.15) is 0 Å². The van der Waals surface area contributed by atoms with Crippen molar-refractivity contribution in [3.05, 3.63) is 12.5 Å². The Bertz CT molecular complexity index is 135. The Labute approximate surface area is 59.0 Å². The smallest absolute Gasteiger partial charge is 0.293 e. The Kier molecular flexibility index (Phi) is 2.61. The summed E-state index contributed by atoms with van der Waals surface area (Å²) in [4.78, 5) is 11.6. The summed E-state index contributed by atoms with van der Waals surface area (Å²) in [7, 11) is 0. The maximum absolute atomic E-state index is 9.69. The van der Waals surface area contributed by atoms with E-state index >= 15 is 0 Å². The number of rotatable bonds is 4. The fourth-order valence-electron chi connectivity index (χ4n) is 0.668. The van der Waals surface area contributed by atoms with E-state index in [1.165, 1.54) is 0 Å². The summed E-state index contributed by atoms with van der Waals surface area (Å²) >= 11 is 0. The molecule has 10 heavy (non-hydrogen) atoms. The number of ether oxygens (including phenoxy) is 2. The lowest BCUT2D eigenvalue weighted by Gasteiger charge is -2.11. The van der Waals surface area contributed by atoms with E-state index in [9.17, 15) is 4.79 Å². The van der Waals surface area contributed by atoms with Gasteiger partial charge in [-0.15, -0.1) is 0 Å². The molecular formula is C6H9NO3. The zero-order valence-electron chi connectivity index (χ0n) is 5.53. The van der Waals surface area contributed by atoms with Gasteiger partial charge in [-0.3, -0.25) is 4.79 Å². The summed E-state index contributed by atoms with van der Waals surface area (Å²) in [5.41, 5.74) is 0. The van der Waals surface area contributed by atoms with E-state index in [1.54, 1.807) is 6.26 Å². The lowest BCUT2D eigenvalue weighted by atomic mass is 10.6. The van der Waals surface area contributed by atoms with Crippen molar-refractivity contribution >= 4 is 6.47 Å². The van der Waals surface area contributed by atoms with Crippen LogP contribution in [0.1, 0.15) is 0 Å². The molecule has 0 aliphatic carbocycles. The molecule has 0 atom stereocenters. The van der Waals surface area contributed by atoms with Crippen molar-refractivity contribution in [1.82, 2.24) is 4.90 Å². The molecule has 0 bridgehead atoms. The van der Waals surface area contributed by atoms with E-state index in [2.05, 4.69) is 4.74 Å². The first kappa shape index (κ1) is 6.92. The summed E-state index contributed by atoms with van der Waals surface area (Å²) in [5.74, 6) is 0. The number of hydrogen-bond acceptors (Lipinski definition) is 4. The van der Waals surface area contributed by atoms with Crippen molar-refractivity contribution in [2.45, 2.75) is 0 Å². The molecule has 4 nitrogen and oxygen atoms in total. The molecule has 4 heteroatoms. The third-order valence-electron chi connectivity index (χ3n) is 1.17. The van der Waals surface area contributed by atoms with E-state index in [1.807, 2.05) is 11.1 Å². The Hall–Kier alpha value is -1.19. The van der Waals surface area contributed by atoms with Crippen molar-refractivity contribution in [3.8, 4) is 0 Å². The lowest BCUT2D eigenvalue weighted by Crippen LogP contribution is -2.20. The lowest BCUT2D eigenvalue weighted by molar-refractivity contribution is -0.129. The summed E-state index contributed by atoms with van der Waals surface area (Å²) in [6.07, 6.45) is 3.43. The topological polar surface area (TPSA) is 38.8 Å². The first-order valence-corrected chi connectivity index (χ1v) is 3.01. The quantitative estimate of drug-likeness (QED) is 0.407. The van der Waals surface area contributed by atoms with Crippen LogP contribution < -0.4 is 0 Å². The predicted molar refractivity (Wildman–Crippen MR) is 33.8 cm³/mol. The monoisotopic (exact) mass is 143 g/mol. The second-order valence-electron chi connectivity index (χ2n) is 1.86. The number of nitrogens with zero attached hydrogens (tertiary/aromatic N) is 1. The second-order valence-corrected chi connectivity index (χ2v) is 1.86. The molecule has 0 aromatic heterocycles. The molecule has 56 valence electrons. The first-order valence-electron chi connectivity index (χ1n) is 3.01. The average Bonchev–Trinajstić information content (AvgIpc) is 2.41. The van der Waals surface area contributed by atoms with Crippen LogP contribution in [0.25, 0.3) is 0 Å². The van der Waals surface area contributed by atoms with Crippen LogP contribution in [0.2, 0.25) is 0 Å². The largest absolute Gasteiger partial charge is 0.479 e. The third kappa shape index (κ3) is 1.97. The molecule has 0 N–H and O–H groups in total. The maximum atomic E-state index is 9.69. The molecule has 0 fully saturated rings. The maximum Gasteiger partial charge on any atom is 0.293 e. The third-order valence-corrected chi connectivity index (χ3v) is 1.17. The minimum Gasteiger partial charge on any atom is -0.479 e. The van der Waals surface area contributed by atoms with Crippen LogP contribution in [0.15, 0.2) is 12.5 Å². The van der Waals surface area contributed by atoms with Gasteiger partial charge in [0.25, 0.3) is 6.47 Å². The van der Waals surface area contributed by atoms with Crippen LogP contribution in [-0.4, -0.2) is 31.3 Å². The standard InChI is InChI=1S/C6H9NO3/c8-6-10-4-2-7-1-3-9-5-7/h1,3,6H,2,4-5H2. The summed E-state index contributed by atoms with van der Waals surface area (Å²) in [6, 6.07) is 0. The Morgan fingerprint density at radius 3 is 3.30 bits per heavy atom. The van der Waals surface area contributed by atoms with E-state index in [0.29, 0.717) is 26.4 Å². The van der Waals surface area contributed by atoms with Gasteiger partial charge in [0, 0.05) is 6.20 Å². The molecule has 1 rings (SSSR count). The molecule has 1 aliphatic heterocycles. The second kappa shape index (κ2) is 3.76. The molecule has 0 amide bonds. The fraction of sp³-hybridized carbons (Fsp3) is 0.500. The summed E-state index contributed by atoms with van der Waals surface area (Å²) < 4.78 is 9.37. The normalized spacial score (nSPS) is 15.0. The van der Waals surface area contributed by atoms with Gasteiger partial charge in [0.2, 0.25) is 0 Å². The number of carbonyl (C=O) groups is 1. The molecule has 0 aromatic rings. The van der Waals surface area contributed by atoms with E-state index in [4.69, 9.17) is 4.74 Å². The SMILES string of the molecule is O=COCCN1C=COC1. The zero-order chi connectivity index (χ0) is 7.23. The van der Waals surface area contributed by atoms with Gasteiger partial charge in [-0.1, -0.05) is 0 Å². The van der Waals surface area contributed by atoms with Gasteiger partial charge in [0.15, 0.2) is 6.73 Å². The Morgan fingerprint density at radius 2 is 2.70 bits per heavy atom. The van der Waals surface area contributed by atoms with E-state index < -0.39 is 0 Å². The Balaban J connectivity index is 2.02. The van der Waals surface area contributed by atoms with Gasteiger partial charge >= 0.3 is 0 Å². The summed E-state index contributed by atoms with van der Waals surface area (Å²) in [5, 5.41) is 0. The van der Waals surface area contributed by atoms with Crippen molar-refractivity contribution < 1.29 is 14.3 Å². The molecule has 0 saturated heterocycles. The highest BCUT2D eigenvalue weighted by Crippen LogP contribution is 1.98. The predicted octanol–water partition coefficient (Wildman–Crippen LogP) is -0.0797. The van der Waals surface area contributed by atoms with Gasteiger partial charge in [-0.05, 0) is 0 Å². The molecule has 0 spiro atoms. The molecule has 1 aliphatic rings. The summed E-state index contributed by atoms with van der Waals surface area (Å²) in [6.45, 7) is 2.11. The Morgan fingerprint density at radius 1 is 1.80 bits per heavy atom. The van der Waals surface area contributed by atoms with Crippen LogP contribution in [0.5, 0.6) is 0 Å². The molecule has 0 radical (unpaired) electrons. The molecule has 0 saturated carbocycles. The average molecular weight is 143 g/mol. The number of hydrogen-bond donors (Lipinski definition) is 0. The van der Waals surface area contributed by atoms with Gasteiger partial charge < -0.3 is 14.4 Å². The van der Waals surface area contributed by atoms with Crippen LogP contribution in [0.3, 0.4) is 0 Å². The van der Waals surface area contributed by atoms with Gasteiger partial charge in [0.1, 0.15) is 12.9 Å². The van der Waals surface area contributed by atoms with Crippen LogP contribution in [-0.2, 0) is 14.3 Å². The van der Waals surface area contributed by atoms with Crippen molar-refractivity contribution in [3.63, 3.8) is 0 Å². The van der Waals surface area contributed by atoms with E-state index in [0.717, 1.165) is 0 Å². The number of carbonyl (C=O) groups excluding carboxylic acids is 1. The van der Waals surface area contributed by atoms with Crippen molar-refractivity contribution in [2.24, 2.45) is 0 Å². The molecular weight excluding hydrogens is 134 g/mol. The molecule has 0 aromatic carbocycles. The minimum absolute atomic E-state index is 0.414.